The van der Waals surface area contributed by atoms with Crippen molar-refractivity contribution in [2.75, 3.05) is 0 Å². The molecule has 11 atom stereocenters. The monoisotopic (exact) mass is 392 g/mol. The number of hydrogen-bond acceptors (Lipinski definition) is 9. The van der Waals surface area contributed by atoms with Crippen LogP contribution in [-0.2, 0) is 23.7 Å². The number of ether oxygens (including phenoxy) is 5. The largest absolute Gasteiger partial charge is 0.390 e. The van der Waals surface area contributed by atoms with Gasteiger partial charge in [0.2, 0.25) is 0 Å². The molecule has 0 amide bonds. The number of aliphatic hydroxyl groups excluding tert-OH is 4. The molecule has 3 aliphatic heterocycles. The van der Waals surface area contributed by atoms with E-state index in [4.69, 9.17) is 23.7 Å². The second-order valence-electron chi connectivity index (χ2n) is 7.79. The topological polar surface area (TPSA) is 127 Å². The fraction of sp³-hybridized carbons (Fsp3) is 1.00. The molecule has 158 valence electrons. The van der Waals surface area contributed by atoms with E-state index in [0.29, 0.717) is 12.8 Å². The van der Waals surface area contributed by atoms with Gasteiger partial charge in [-0.15, -0.1) is 0 Å². The van der Waals surface area contributed by atoms with Crippen LogP contribution in [0.3, 0.4) is 0 Å². The van der Waals surface area contributed by atoms with Crippen molar-refractivity contribution in [1.29, 1.82) is 0 Å². The van der Waals surface area contributed by atoms with E-state index in [1.807, 2.05) is 0 Å². The molecule has 0 aromatic heterocycles. The Morgan fingerprint density at radius 1 is 0.630 bits per heavy atom. The molecule has 0 bridgehead atoms. The number of hydrogen-bond donors (Lipinski definition) is 4. The van der Waals surface area contributed by atoms with Crippen molar-refractivity contribution in [2.45, 2.75) is 114 Å². The third kappa shape index (κ3) is 5.17. The number of aliphatic hydroxyl groups is 4. The molecule has 0 aromatic carbocycles. The Labute approximate surface area is 159 Å². The second-order valence-corrected chi connectivity index (χ2v) is 7.79. The first kappa shape index (κ1) is 21.4. The Morgan fingerprint density at radius 3 is 1.78 bits per heavy atom. The van der Waals surface area contributed by atoms with E-state index in [2.05, 4.69) is 0 Å². The van der Waals surface area contributed by atoms with Crippen LogP contribution in [0.2, 0.25) is 0 Å². The molecular weight excluding hydrogens is 360 g/mol. The molecule has 4 N–H and O–H groups in total. The highest BCUT2D eigenvalue weighted by Crippen LogP contribution is 2.31. The van der Waals surface area contributed by atoms with Gasteiger partial charge in [0.25, 0.3) is 0 Å². The van der Waals surface area contributed by atoms with Crippen LogP contribution in [0.25, 0.3) is 0 Å². The maximum absolute atomic E-state index is 10.5. The molecule has 0 radical (unpaired) electrons. The SMILES string of the molecule is CC1OC(OC2C(O)CC(OC3C(O)CC(O)OC3C)OC2C)CCC1O. The van der Waals surface area contributed by atoms with Crippen molar-refractivity contribution in [3.05, 3.63) is 0 Å². The van der Waals surface area contributed by atoms with Crippen LogP contribution in [0.4, 0.5) is 0 Å². The smallest absolute Gasteiger partial charge is 0.161 e. The van der Waals surface area contributed by atoms with Crippen molar-refractivity contribution >= 4 is 0 Å². The minimum absolute atomic E-state index is 0.0641. The zero-order valence-electron chi connectivity index (χ0n) is 16.0. The van der Waals surface area contributed by atoms with E-state index in [-0.39, 0.29) is 18.9 Å². The zero-order valence-corrected chi connectivity index (χ0v) is 16.0. The van der Waals surface area contributed by atoms with Crippen molar-refractivity contribution in [1.82, 2.24) is 0 Å². The predicted molar refractivity (Wildman–Crippen MR) is 91.5 cm³/mol. The fourth-order valence-corrected chi connectivity index (χ4v) is 3.93. The maximum atomic E-state index is 10.5. The lowest BCUT2D eigenvalue weighted by Gasteiger charge is -2.43. The average molecular weight is 392 g/mol. The van der Waals surface area contributed by atoms with Crippen LogP contribution in [0.5, 0.6) is 0 Å². The molecule has 9 nitrogen and oxygen atoms in total. The molecule has 0 spiro atoms. The van der Waals surface area contributed by atoms with E-state index >= 15 is 0 Å². The molecule has 0 saturated carbocycles. The van der Waals surface area contributed by atoms with Crippen molar-refractivity contribution in [3.8, 4) is 0 Å². The summed E-state index contributed by atoms with van der Waals surface area (Å²) in [4.78, 5) is 0. The van der Waals surface area contributed by atoms with E-state index in [9.17, 15) is 20.4 Å². The van der Waals surface area contributed by atoms with E-state index in [1.54, 1.807) is 20.8 Å². The number of rotatable bonds is 4. The van der Waals surface area contributed by atoms with E-state index in [0.717, 1.165) is 0 Å². The summed E-state index contributed by atoms with van der Waals surface area (Å²) in [7, 11) is 0. The van der Waals surface area contributed by atoms with Crippen molar-refractivity contribution < 1.29 is 44.1 Å². The molecule has 9 heteroatoms. The summed E-state index contributed by atoms with van der Waals surface area (Å²) < 4.78 is 28.5. The molecule has 11 unspecified atom stereocenters. The van der Waals surface area contributed by atoms with Crippen LogP contribution in [0.15, 0.2) is 0 Å². The predicted octanol–water partition coefficient (Wildman–Crippen LogP) is -0.373. The zero-order chi connectivity index (χ0) is 19.7. The summed E-state index contributed by atoms with van der Waals surface area (Å²) in [6.45, 7) is 5.28. The quantitative estimate of drug-likeness (QED) is 0.506. The van der Waals surface area contributed by atoms with Crippen molar-refractivity contribution in [3.63, 3.8) is 0 Å². The highest BCUT2D eigenvalue weighted by atomic mass is 16.7. The fourth-order valence-electron chi connectivity index (χ4n) is 3.93. The lowest BCUT2D eigenvalue weighted by atomic mass is 10.00. The molecule has 3 fully saturated rings. The Hall–Kier alpha value is -0.360. The van der Waals surface area contributed by atoms with E-state index in [1.165, 1.54) is 0 Å². The van der Waals surface area contributed by atoms with Crippen LogP contribution >= 0.6 is 0 Å². The summed E-state index contributed by atoms with van der Waals surface area (Å²) in [6, 6.07) is 0. The highest BCUT2D eigenvalue weighted by Gasteiger charge is 2.43. The van der Waals surface area contributed by atoms with E-state index < -0.39 is 61.6 Å². The van der Waals surface area contributed by atoms with Gasteiger partial charge >= 0.3 is 0 Å². The lowest BCUT2D eigenvalue weighted by Crippen LogP contribution is -2.55. The lowest BCUT2D eigenvalue weighted by molar-refractivity contribution is -0.327. The van der Waals surface area contributed by atoms with Crippen molar-refractivity contribution in [2.24, 2.45) is 0 Å². The Kier molecular flexibility index (Phi) is 7.10. The second kappa shape index (κ2) is 8.98. The molecule has 3 heterocycles. The summed E-state index contributed by atoms with van der Waals surface area (Å²) >= 11 is 0. The first-order valence-corrected chi connectivity index (χ1v) is 9.74. The summed E-state index contributed by atoms with van der Waals surface area (Å²) in [5.74, 6) is 0. The standard InChI is InChI=1S/C18H32O9/c1-8-11(19)4-5-15(24-8)26-18-10(3)25-16(7-13(18)21)27-17-9(2)23-14(22)6-12(17)20/h8-22H,4-7H2,1-3H3. The van der Waals surface area contributed by atoms with Crippen LogP contribution in [0.1, 0.15) is 46.5 Å². The van der Waals surface area contributed by atoms with Gasteiger partial charge in [-0.05, 0) is 27.2 Å². The normalized spacial score (nSPS) is 51.9. The maximum Gasteiger partial charge on any atom is 0.161 e. The van der Waals surface area contributed by atoms with Gasteiger partial charge in [0.15, 0.2) is 18.9 Å². The first-order valence-electron chi connectivity index (χ1n) is 9.74. The molecule has 0 aliphatic carbocycles. The van der Waals surface area contributed by atoms with Gasteiger partial charge in [0.05, 0.1) is 36.6 Å². The Bertz CT molecular complexity index is 454. The third-order valence-electron chi connectivity index (χ3n) is 5.52. The molecule has 27 heavy (non-hydrogen) atoms. The van der Waals surface area contributed by atoms with Crippen LogP contribution in [0, 0.1) is 0 Å². The summed E-state index contributed by atoms with van der Waals surface area (Å²) in [5, 5.41) is 39.9. The van der Waals surface area contributed by atoms with Gasteiger partial charge in [0, 0.05) is 19.3 Å². The van der Waals surface area contributed by atoms with Gasteiger partial charge in [-0.1, -0.05) is 0 Å². The molecule has 3 saturated heterocycles. The molecule has 3 aliphatic rings. The Morgan fingerprint density at radius 2 is 1.19 bits per heavy atom. The van der Waals surface area contributed by atoms with Gasteiger partial charge in [-0.2, -0.15) is 0 Å². The van der Waals surface area contributed by atoms with Gasteiger partial charge < -0.3 is 44.1 Å². The minimum Gasteiger partial charge on any atom is -0.390 e. The van der Waals surface area contributed by atoms with Gasteiger partial charge in [0.1, 0.15) is 12.2 Å². The van der Waals surface area contributed by atoms with Gasteiger partial charge in [-0.25, -0.2) is 0 Å². The van der Waals surface area contributed by atoms with Gasteiger partial charge in [-0.3, -0.25) is 0 Å². The van der Waals surface area contributed by atoms with Crippen LogP contribution in [-0.4, -0.2) is 88.1 Å². The average Bonchev–Trinajstić information content (AvgIpc) is 2.57. The minimum atomic E-state index is -1.01. The summed E-state index contributed by atoms with van der Waals surface area (Å²) in [6.07, 6.45) is -5.57. The molecule has 0 aromatic rings. The summed E-state index contributed by atoms with van der Waals surface area (Å²) in [5.41, 5.74) is 0. The molecule has 3 rings (SSSR count). The van der Waals surface area contributed by atoms with Crippen LogP contribution < -0.4 is 0 Å². The third-order valence-corrected chi connectivity index (χ3v) is 5.52. The first-order chi connectivity index (χ1) is 12.7. The Balaban J connectivity index is 1.52. The highest BCUT2D eigenvalue weighted by molar-refractivity contribution is 4.86. The molecular formula is C18H32O9.